The van der Waals surface area contributed by atoms with Gasteiger partial charge in [-0.05, 0) is 30.9 Å². The Kier molecular flexibility index (Phi) is 4.28. The molecule has 90 valence electrons. The molecule has 1 unspecified atom stereocenters. The molecule has 16 heavy (non-hydrogen) atoms. The van der Waals surface area contributed by atoms with Gasteiger partial charge in [0.25, 0.3) is 0 Å². The monoisotopic (exact) mass is 239 g/mol. The van der Waals surface area contributed by atoms with Gasteiger partial charge in [0.05, 0.1) is 4.88 Å². The first kappa shape index (κ1) is 13.4. The maximum Gasteiger partial charge on any atom is 0.174 e. The van der Waals surface area contributed by atoms with Crippen LogP contribution in [0.2, 0.25) is 0 Å². The molecule has 2 N–H and O–H groups in total. The van der Waals surface area contributed by atoms with Gasteiger partial charge in [-0.25, -0.2) is 0 Å². The number of carbonyl (C=O) groups is 1. The fraction of sp³-hybridized carbons (Fsp3) is 0.615. The van der Waals surface area contributed by atoms with E-state index in [0.717, 1.165) is 11.3 Å². The first-order chi connectivity index (χ1) is 7.28. The van der Waals surface area contributed by atoms with Crippen LogP contribution < -0.4 is 5.73 Å². The van der Waals surface area contributed by atoms with Gasteiger partial charge in [0, 0.05) is 17.3 Å². The van der Waals surface area contributed by atoms with Gasteiger partial charge in [-0.15, -0.1) is 11.3 Å². The zero-order valence-corrected chi connectivity index (χ0v) is 11.4. The highest BCUT2D eigenvalue weighted by molar-refractivity contribution is 7.14. The average Bonchev–Trinajstić information content (AvgIpc) is 2.47. The minimum atomic E-state index is -0.0325. The van der Waals surface area contributed by atoms with Gasteiger partial charge in [-0.1, -0.05) is 20.8 Å². The van der Waals surface area contributed by atoms with Crippen molar-refractivity contribution in [2.45, 2.75) is 46.6 Å². The SMILES string of the molecule is Cc1ccc(C(=O)CC(N)CC(C)(C)C)s1. The molecular formula is C13H21NOS. The van der Waals surface area contributed by atoms with Crippen LogP contribution in [0, 0.1) is 12.3 Å². The summed E-state index contributed by atoms with van der Waals surface area (Å²) in [7, 11) is 0. The minimum absolute atomic E-state index is 0.0325. The molecule has 2 nitrogen and oxygen atoms in total. The van der Waals surface area contributed by atoms with E-state index >= 15 is 0 Å². The number of rotatable bonds is 4. The van der Waals surface area contributed by atoms with E-state index in [1.54, 1.807) is 11.3 Å². The van der Waals surface area contributed by atoms with Gasteiger partial charge in [-0.2, -0.15) is 0 Å². The number of hydrogen-bond donors (Lipinski definition) is 1. The smallest absolute Gasteiger partial charge is 0.174 e. The van der Waals surface area contributed by atoms with Crippen LogP contribution in [-0.2, 0) is 0 Å². The summed E-state index contributed by atoms with van der Waals surface area (Å²) in [5, 5.41) is 0. The fourth-order valence-electron chi connectivity index (χ4n) is 1.78. The van der Waals surface area contributed by atoms with Gasteiger partial charge >= 0.3 is 0 Å². The maximum absolute atomic E-state index is 11.9. The molecule has 0 spiro atoms. The fourth-order valence-corrected chi connectivity index (χ4v) is 2.60. The van der Waals surface area contributed by atoms with Gasteiger partial charge in [-0.3, -0.25) is 4.79 Å². The topological polar surface area (TPSA) is 43.1 Å². The number of nitrogens with two attached hydrogens (primary N) is 1. The Bertz CT molecular complexity index is 362. The van der Waals surface area contributed by atoms with Crippen molar-refractivity contribution in [3.63, 3.8) is 0 Å². The van der Waals surface area contributed by atoms with Crippen molar-refractivity contribution in [1.82, 2.24) is 0 Å². The highest BCUT2D eigenvalue weighted by Crippen LogP contribution is 2.23. The van der Waals surface area contributed by atoms with Crippen LogP contribution in [0.1, 0.15) is 48.2 Å². The standard InChI is InChI=1S/C13H21NOS/c1-9-5-6-12(16-9)11(15)7-10(14)8-13(2,3)4/h5-6,10H,7-8,14H2,1-4H3. The molecule has 1 heterocycles. The van der Waals surface area contributed by atoms with Crippen LogP contribution in [0.25, 0.3) is 0 Å². The van der Waals surface area contributed by atoms with Crippen molar-refractivity contribution in [1.29, 1.82) is 0 Å². The van der Waals surface area contributed by atoms with E-state index in [4.69, 9.17) is 5.73 Å². The largest absolute Gasteiger partial charge is 0.327 e. The molecule has 0 fully saturated rings. The molecule has 0 bridgehead atoms. The average molecular weight is 239 g/mol. The third-order valence-electron chi connectivity index (χ3n) is 2.34. The third kappa shape index (κ3) is 4.45. The highest BCUT2D eigenvalue weighted by Gasteiger charge is 2.19. The second-order valence-corrected chi connectivity index (χ2v) is 6.85. The lowest BCUT2D eigenvalue weighted by molar-refractivity contribution is 0.0972. The van der Waals surface area contributed by atoms with Crippen molar-refractivity contribution < 1.29 is 4.79 Å². The van der Waals surface area contributed by atoms with E-state index in [-0.39, 0.29) is 17.2 Å². The lowest BCUT2D eigenvalue weighted by Gasteiger charge is -2.22. The number of carbonyl (C=O) groups excluding carboxylic acids is 1. The molecule has 1 aromatic heterocycles. The predicted octanol–water partition coefficient (Wildman–Crippen LogP) is 3.39. The molecule has 0 saturated carbocycles. The maximum atomic E-state index is 11.9. The van der Waals surface area contributed by atoms with E-state index in [0.29, 0.717) is 6.42 Å². The Labute approximate surface area is 102 Å². The number of hydrogen-bond acceptors (Lipinski definition) is 3. The lowest BCUT2D eigenvalue weighted by atomic mass is 9.87. The van der Waals surface area contributed by atoms with Crippen LogP contribution >= 0.6 is 11.3 Å². The van der Waals surface area contributed by atoms with Crippen molar-refractivity contribution in [2.24, 2.45) is 11.1 Å². The van der Waals surface area contributed by atoms with Crippen molar-refractivity contribution in [3.8, 4) is 0 Å². The van der Waals surface area contributed by atoms with Gasteiger partial charge in [0.2, 0.25) is 0 Å². The summed E-state index contributed by atoms with van der Waals surface area (Å²) in [6.07, 6.45) is 1.33. The Hall–Kier alpha value is -0.670. The van der Waals surface area contributed by atoms with Crippen LogP contribution in [-0.4, -0.2) is 11.8 Å². The molecule has 0 radical (unpaired) electrons. The van der Waals surface area contributed by atoms with Gasteiger partial charge < -0.3 is 5.73 Å². The summed E-state index contributed by atoms with van der Waals surface area (Å²) in [5.41, 5.74) is 6.17. The quantitative estimate of drug-likeness (QED) is 0.818. The Morgan fingerprint density at radius 3 is 2.50 bits per heavy atom. The van der Waals surface area contributed by atoms with Crippen molar-refractivity contribution >= 4 is 17.1 Å². The zero-order valence-electron chi connectivity index (χ0n) is 10.5. The van der Waals surface area contributed by atoms with Crippen molar-refractivity contribution in [2.75, 3.05) is 0 Å². The number of Topliss-reactive ketones (excluding diaryl/α,β-unsaturated/α-hetero) is 1. The molecule has 1 atom stereocenters. The van der Waals surface area contributed by atoms with Crippen molar-refractivity contribution in [3.05, 3.63) is 21.9 Å². The van der Waals surface area contributed by atoms with E-state index in [1.807, 2.05) is 19.1 Å². The lowest BCUT2D eigenvalue weighted by Crippen LogP contribution is -2.28. The molecule has 0 saturated heterocycles. The normalized spacial score (nSPS) is 13.8. The summed E-state index contributed by atoms with van der Waals surface area (Å²) in [6.45, 7) is 8.45. The Morgan fingerprint density at radius 1 is 1.44 bits per heavy atom. The van der Waals surface area contributed by atoms with E-state index in [1.165, 1.54) is 4.88 Å². The highest BCUT2D eigenvalue weighted by atomic mass is 32.1. The zero-order chi connectivity index (χ0) is 12.3. The van der Waals surface area contributed by atoms with Gasteiger partial charge in [0.15, 0.2) is 5.78 Å². The van der Waals surface area contributed by atoms with E-state index in [2.05, 4.69) is 20.8 Å². The second-order valence-electron chi connectivity index (χ2n) is 5.56. The van der Waals surface area contributed by atoms with E-state index < -0.39 is 0 Å². The number of aryl methyl sites for hydroxylation is 1. The molecule has 3 heteroatoms. The second kappa shape index (κ2) is 5.11. The predicted molar refractivity (Wildman–Crippen MR) is 70.1 cm³/mol. The molecule has 0 aliphatic heterocycles. The minimum Gasteiger partial charge on any atom is -0.327 e. The summed E-state index contributed by atoms with van der Waals surface area (Å²) >= 11 is 1.55. The number of ketones is 1. The molecule has 0 aromatic carbocycles. The summed E-state index contributed by atoms with van der Waals surface area (Å²) in [4.78, 5) is 13.9. The number of thiophene rings is 1. The first-order valence-electron chi connectivity index (χ1n) is 5.63. The summed E-state index contributed by atoms with van der Waals surface area (Å²) < 4.78 is 0. The summed E-state index contributed by atoms with van der Waals surface area (Å²) in [5.74, 6) is 0.176. The third-order valence-corrected chi connectivity index (χ3v) is 3.38. The van der Waals surface area contributed by atoms with E-state index in [9.17, 15) is 4.79 Å². The molecule has 0 aliphatic carbocycles. The van der Waals surface area contributed by atoms with Crippen LogP contribution in [0.5, 0.6) is 0 Å². The summed E-state index contributed by atoms with van der Waals surface area (Å²) in [6, 6.07) is 3.84. The Morgan fingerprint density at radius 2 is 2.06 bits per heavy atom. The van der Waals surface area contributed by atoms with Crippen LogP contribution in [0.4, 0.5) is 0 Å². The molecular weight excluding hydrogens is 218 g/mol. The van der Waals surface area contributed by atoms with Crippen LogP contribution in [0.15, 0.2) is 12.1 Å². The molecule has 0 amide bonds. The first-order valence-corrected chi connectivity index (χ1v) is 6.45. The molecule has 0 aliphatic rings. The molecule has 1 aromatic rings. The van der Waals surface area contributed by atoms with Gasteiger partial charge in [0.1, 0.15) is 0 Å². The molecule has 1 rings (SSSR count). The Balaban J connectivity index is 2.52. The van der Waals surface area contributed by atoms with Crippen LogP contribution in [0.3, 0.4) is 0 Å².